The fourth-order valence-corrected chi connectivity index (χ4v) is 2.83. The van der Waals surface area contributed by atoms with E-state index < -0.39 is 0 Å². The monoisotopic (exact) mass is 340 g/mol. The number of nitrogens with one attached hydrogen (secondary N) is 1. The van der Waals surface area contributed by atoms with Crippen LogP contribution in [0.2, 0.25) is 0 Å². The molecule has 0 bridgehead atoms. The molecule has 0 aliphatic heterocycles. The van der Waals surface area contributed by atoms with Gasteiger partial charge in [0.2, 0.25) is 5.91 Å². The number of methoxy groups -OCH3 is 1. The van der Waals surface area contributed by atoms with E-state index in [-0.39, 0.29) is 5.91 Å². The van der Waals surface area contributed by atoms with E-state index in [1.807, 2.05) is 29.6 Å². The van der Waals surface area contributed by atoms with Crippen LogP contribution in [0.4, 0.5) is 5.82 Å². The molecular formula is C17H16N4O2S. The quantitative estimate of drug-likeness (QED) is 0.724. The number of hydrogen-bond acceptors (Lipinski definition) is 5. The smallest absolute Gasteiger partial charge is 0.249 e. The highest BCUT2D eigenvalue weighted by Gasteiger charge is 2.05. The standard InChI is InChI=1S/C17H16N4O2S/c1-21-10-9-15(20-21)19-16(22)8-5-13-11-24-17(18-13)12-3-6-14(23-2)7-4-12/h3-11H,1-2H3,(H,19,20,22)/b8-5+. The van der Waals surface area contributed by atoms with Gasteiger partial charge >= 0.3 is 0 Å². The normalized spacial score (nSPS) is 10.9. The maximum atomic E-state index is 11.9. The van der Waals surface area contributed by atoms with E-state index in [2.05, 4.69) is 15.4 Å². The lowest BCUT2D eigenvalue weighted by atomic mass is 10.2. The number of ether oxygens (including phenoxy) is 1. The average molecular weight is 340 g/mol. The van der Waals surface area contributed by atoms with Gasteiger partial charge in [-0.2, -0.15) is 5.10 Å². The van der Waals surface area contributed by atoms with Crippen LogP contribution in [0.3, 0.4) is 0 Å². The molecule has 0 spiro atoms. The van der Waals surface area contributed by atoms with Crippen LogP contribution in [-0.2, 0) is 11.8 Å². The van der Waals surface area contributed by atoms with Gasteiger partial charge in [-0.1, -0.05) is 0 Å². The van der Waals surface area contributed by atoms with Crippen LogP contribution in [-0.4, -0.2) is 27.8 Å². The molecule has 24 heavy (non-hydrogen) atoms. The fourth-order valence-electron chi connectivity index (χ4n) is 2.04. The van der Waals surface area contributed by atoms with E-state index in [1.165, 1.54) is 17.4 Å². The summed E-state index contributed by atoms with van der Waals surface area (Å²) in [5, 5.41) is 9.58. The zero-order chi connectivity index (χ0) is 16.9. The van der Waals surface area contributed by atoms with E-state index in [4.69, 9.17) is 4.74 Å². The summed E-state index contributed by atoms with van der Waals surface area (Å²) < 4.78 is 6.77. The van der Waals surface area contributed by atoms with E-state index in [0.717, 1.165) is 22.0 Å². The zero-order valence-electron chi connectivity index (χ0n) is 13.3. The summed E-state index contributed by atoms with van der Waals surface area (Å²) in [7, 11) is 3.43. The van der Waals surface area contributed by atoms with E-state index in [9.17, 15) is 4.79 Å². The molecule has 2 heterocycles. The summed E-state index contributed by atoms with van der Waals surface area (Å²) in [6, 6.07) is 9.44. The van der Waals surface area contributed by atoms with Gasteiger partial charge in [-0.15, -0.1) is 11.3 Å². The van der Waals surface area contributed by atoms with Crippen molar-refractivity contribution in [2.75, 3.05) is 12.4 Å². The minimum Gasteiger partial charge on any atom is -0.497 e. The molecule has 1 amide bonds. The molecule has 0 unspecified atom stereocenters. The Bertz CT molecular complexity index is 865. The van der Waals surface area contributed by atoms with Crippen molar-refractivity contribution in [1.29, 1.82) is 0 Å². The number of nitrogens with zero attached hydrogens (tertiary/aromatic N) is 3. The number of aromatic nitrogens is 3. The summed E-state index contributed by atoms with van der Waals surface area (Å²) in [6.45, 7) is 0. The number of aryl methyl sites for hydroxylation is 1. The van der Waals surface area contributed by atoms with Crippen molar-refractivity contribution in [2.24, 2.45) is 7.05 Å². The lowest BCUT2D eigenvalue weighted by Gasteiger charge is -2.00. The molecule has 1 N–H and O–H groups in total. The van der Waals surface area contributed by atoms with Crippen LogP contribution >= 0.6 is 11.3 Å². The molecule has 122 valence electrons. The van der Waals surface area contributed by atoms with Crippen molar-refractivity contribution in [1.82, 2.24) is 14.8 Å². The zero-order valence-corrected chi connectivity index (χ0v) is 14.1. The number of benzene rings is 1. The lowest BCUT2D eigenvalue weighted by molar-refractivity contribution is -0.111. The van der Waals surface area contributed by atoms with Crippen molar-refractivity contribution in [3.8, 4) is 16.3 Å². The van der Waals surface area contributed by atoms with Crippen molar-refractivity contribution in [2.45, 2.75) is 0 Å². The maximum Gasteiger partial charge on any atom is 0.249 e. The molecule has 0 radical (unpaired) electrons. The second kappa shape index (κ2) is 7.10. The molecule has 3 aromatic rings. The van der Waals surface area contributed by atoms with Gasteiger partial charge in [-0.25, -0.2) is 4.98 Å². The molecule has 0 saturated heterocycles. The minimum absolute atomic E-state index is 0.243. The number of carbonyl (C=O) groups is 1. The average Bonchev–Trinajstić information content (AvgIpc) is 3.22. The SMILES string of the molecule is COc1ccc(-c2nc(/C=C/C(=O)Nc3ccn(C)n3)cs2)cc1. The molecule has 0 saturated carbocycles. The Hall–Kier alpha value is -2.93. The van der Waals surface area contributed by atoms with Gasteiger partial charge < -0.3 is 10.1 Å². The summed E-state index contributed by atoms with van der Waals surface area (Å²) >= 11 is 1.52. The summed E-state index contributed by atoms with van der Waals surface area (Å²) in [4.78, 5) is 16.4. The molecule has 0 aliphatic carbocycles. The molecule has 1 aromatic carbocycles. The topological polar surface area (TPSA) is 69.0 Å². The predicted molar refractivity (Wildman–Crippen MR) is 95.0 cm³/mol. The Labute approximate surface area is 143 Å². The lowest BCUT2D eigenvalue weighted by Crippen LogP contribution is -2.08. The van der Waals surface area contributed by atoms with E-state index >= 15 is 0 Å². The second-order valence-corrected chi connectivity index (χ2v) is 5.86. The van der Waals surface area contributed by atoms with Crippen LogP contribution in [0, 0.1) is 0 Å². The first-order valence-electron chi connectivity index (χ1n) is 7.23. The first-order valence-corrected chi connectivity index (χ1v) is 8.10. The van der Waals surface area contributed by atoms with Gasteiger partial charge in [-0.3, -0.25) is 9.48 Å². The van der Waals surface area contributed by atoms with Crippen LogP contribution in [0.5, 0.6) is 5.75 Å². The van der Waals surface area contributed by atoms with E-state index in [1.54, 1.807) is 37.2 Å². The van der Waals surface area contributed by atoms with Gasteiger partial charge in [-0.05, 0) is 30.3 Å². The van der Waals surface area contributed by atoms with Gasteiger partial charge in [0.05, 0.1) is 12.8 Å². The highest BCUT2D eigenvalue weighted by atomic mass is 32.1. The third-order valence-electron chi connectivity index (χ3n) is 3.23. The summed E-state index contributed by atoms with van der Waals surface area (Å²) in [6.07, 6.45) is 4.89. The molecule has 3 rings (SSSR count). The Morgan fingerprint density at radius 3 is 2.75 bits per heavy atom. The van der Waals surface area contributed by atoms with E-state index in [0.29, 0.717) is 5.82 Å². The Morgan fingerprint density at radius 1 is 1.29 bits per heavy atom. The summed E-state index contributed by atoms with van der Waals surface area (Å²) in [5.41, 5.74) is 1.75. The van der Waals surface area contributed by atoms with Crippen molar-refractivity contribution in [3.63, 3.8) is 0 Å². The van der Waals surface area contributed by atoms with Gasteiger partial charge in [0, 0.05) is 36.3 Å². The van der Waals surface area contributed by atoms with Crippen LogP contribution in [0.25, 0.3) is 16.6 Å². The molecule has 7 heteroatoms. The number of thiazole rings is 1. The third kappa shape index (κ3) is 3.88. The number of rotatable bonds is 5. The third-order valence-corrected chi connectivity index (χ3v) is 4.14. The molecule has 6 nitrogen and oxygen atoms in total. The molecule has 0 fully saturated rings. The largest absolute Gasteiger partial charge is 0.497 e. The predicted octanol–water partition coefficient (Wildman–Crippen LogP) is 3.20. The Morgan fingerprint density at radius 2 is 2.08 bits per heavy atom. The number of hydrogen-bond donors (Lipinski definition) is 1. The first-order chi connectivity index (χ1) is 11.6. The van der Waals surface area contributed by atoms with Crippen molar-refractivity contribution >= 4 is 29.1 Å². The summed E-state index contributed by atoms with van der Waals surface area (Å²) in [5.74, 6) is 1.08. The highest BCUT2D eigenvalue weighted by molar-refractivity contribution is 7.13. The maximum absolute atomic E-state index is 11.9. The van der Waals surface area contributed by atoms with Crippen molar-refractivity contribution < 1.29 is 9.53 Å². The highest BCUT2D eigenvalue weighted by Crippen LogP contribution is 2.26. The molecule has 0 aliphatic rings. The number of carbonyl (C=O) groups excluding carboxylic acids is 1. The van der Waals surface area contributed by atoms with Crippen molar-refractivity contribution in [3.05, 3.63) is 53.7 Å². The molecular weight excluding hydrogens is 324 g/mol. The van der Waals surface area contributed by atoms with Crippen LogP contribution in [0.1, 0.15) is 5.69 Å². The van der Waals surface area contributed by atoms with Crippen LogP contribution in [0.15, 0.2) is 48.0 Å². The first kappa shape index (κ1) is 15.9. The van der Waals surface area contributed by atoms with Gasteiger partial charge in [0.1, 0.15) is 10.8 Å². The molecule has 0 atom stereocenters. The number of anilines is 1. The fraction of sp³-hybridized carbons (Fsp3) is 0.118. The number of amides is 1. The van der Waals surface area contributed by atoms with Crippen LogP contribution < -0.4 is 10.1 Å². The molecule has 2 aromatic heterocycles. The van der Waals surface area contributed by atoms with Gasteiger partial charge in [0.25, 0.3) is 0 Å². The van der Waals surface area contributed by atoms with Gasteiger partial charge in [0.15, 0.2) is 5.82 Å². The second-order valence-electron chi connectivity index (χ2n) is 5.00. The Kier molecular flexibility index (Phi) is 4.72. The minimum atomic E-state index is -0.243. The Balaban J connectivity index is 1.65.